The summed E-state index contributed by atoms with van der Waals surface area (Å²) in [6, 6.07) is 1.37. The molecule has 3 aliphatic heterocycles. The maximum Gasteiger partial charge on any atom is 0.0701 e. The first kappa shape index (κ1) is 18.1. The average Bonchev–Trinajstić information content (AvgIpc) is 3.22. The summed E-state index contributed by atoms with van der Waals surface area (Å²) in [6.45, 7) is 6.67. The van der Waals surface area contributed by atoms with Gasteiger partial charge in [0.15, 0.2) is 0 Å². The molecule has 1 aliphatic carbocycles. The van der Waals surface area contributed by atoms with Crippen LogP contribution < -0.4 is 21.7 Å². The Labute approximate surface area is 150 Å². The predicted octanol–water partition coefficient (Wildman–Crippen LogP) is -0.464. The van der Waals surface area contributed by atoms with Gasteiger partial charge in [0.05, 0.1) is 44.6 Å². The van der Waals surface area contributed by atoms with Crippen LogP contribution in [0.2, 0.25) is 0 Å². The van der Waals surface area contributed by atoms with E-state index < -0.39 is 0 Å². The van der Waals surface area contributed by atoms with Gasteiger partial charge in [-0.1, -0.05) is 0 Å². The molecule has 0 spiro atoms. The van der Waals surface area contributed by atoms with E-state index in [0.29, 0.717) is 50.0 Å². The smallest absolute Gasteiger partial charge is 0.0701 e. The molecular formula is C17H33N5O3. The summed E-state index contributed by atoms with van der Waals surface area (Å²) in [4.78, 5) is 0. The Morgan fingerprint density at radius 2 is 1.80 bits per heavy atom. The highest BCUT2D eigenvalue weighted by Gasteiger charge is 2.45. The summed E-state index contributed by atoms with van der Waals surface area (Å²) in [7, 11) is 0. The van der Waals surface area contributed by atoms with Crippen LogP contribution in [0.4, 0.5) is 0 Å². The van der Waals surface area contributed by atoms with E-state index in [-0.39, 0.29) is 6.10 Å². The summed E-state index contributed by atoms with van der Waals surface area (Å²) >= 11 is 0. The molecule has 8 nitrogen and oxygen atoms in total. The van der Waals surface area contributed by atoms with E-state index in [1.165, 1.54) is 6.42 Å². The summed E-state index contributed by atoms with van der Waals surface area (Å²) < 4.78 is 17.7. The summed E-state index contributed by atoms with van der Waals surface area (Å²) in [5, 5.41) is 2.07. The van der Waals surface area contributed by atoms with Crippen LogP contribution in [-0.2, 0) is 14.2 Å². The van der Waals surface area contributed by atoms with Gasteiger partial charge in [-0.3, -0.25) is 10.9 Å². The Morgan fingerprint density at radius 3 is 2.72 bits per heavy atom. The van der Waals surface area contributed by atoms with Crippen LogP contribution in [0.15, 0.2) is 0 Å². The third-order valence-electron chi connectivity index (χ3n) is 5.93. The summed E-state index contributed by atoms with van der Waals surface area (Å²) in [6.07, 6.45) is 5.02. The lowest BCUT2D eigenvalue weighted by molar-refractivity contribution is -0.0503. The van der Waals surface area contributed by atoms with Crippen molar-refractivity contribution in [2.24, 2.45) is 5.92 Å². The fourth-order valence-electron chi connectivity index (χ4n) is 4.55. The minimum Gasteiger partial charge on any atom is -0.379 e. The number of hydrogen-bond acceptors (Lipinski definition) is 8. The lowest BCUT2D eigenvalue weighted by Gasteiger charge is -2.35. The SMILES string of the molecule is C[C@@H]1CCOCCOCCN2NCC(N2)C2NNC3CCC(CC32)O1. The fraction of sp³-hybridized carbons (Fsp3) is 1.00. The lowest BCUT2D eigenvalue weighted by atomic mass is 9.78. The zero-order chi connectivity index (χ0) is 17.1. The molecule has 3 heterocycles. The third kappa shape index (κ3) is 4.51. The van der Waals surface area contributed by atoms with Gasteiger partial charge in [0, 0.05) is 25.2 Å². The number of nitrogens with one attached hydrogen (secondary N) is 4. The van der Waals surface area contributed by atoms with Gasteiger partial charge < -0.3 is 14.2 Å². The van der Waals surface area contributed by atoms with E-state index in [1.54, 1.807) is 0 Å². The first-order valence-electron chi connectivity index (χ1n) is 9.89. The normalized spacial score (nSPS) is 46.7. The Balaban J connectivity index is 1.40. The molecule has 6 unspecified atom stereocenters. The van der Waals surface area contributed by atoms with Crippen molar-refractivity contribution in [3.8, 4) is 0 Å². The maximum absolute atomic E-state index is 6.34. The zero-order valence-electron chi connectivity index (χ0n) is 15.2. The van der Waals surface area contributed by atoms with Crippen molar-refractivity contribution < 1.29 is 14.2 Å². The molecule has 4 bridgehead atoms. The number of ether oxygens (including phenoxy) is 3. The molecule has 3 saturated heterocycles. The Morgan fingerprint density at radius 1 is 0.920 bits per heavy atom. The highest BCUT2D eigenvalue weighted by atomic mass is 16.5. The number of rotatable bonds is 0. The van der Waals surface area contributed by atoms with Crippen molar-refractivity contribution in [3.63, 3.8) is 0 Å². The highest BCUT2D eigenvalue weighted by Crippen LogP contribution is 2.34. The molecule has 1 saturated carbocycles. The monoisotopic (exact) mass is 355 g/mol. The van der Waals surface area contributed by atoms with Crippen LogP contribution in [0.1, 0.15) is 32.6 Å². The largest absolute Gasteiger partial charge is 0.379 e. The molecule has 0 aromatic rings. The van der Waals surface area contributed by atoms with Crippen molar-refractivity contribution in [1.82, 2.24) is 26.8 Å². The molecule has 0 radical (unpaired) electrons. The van der Waals surface area contributed by atoms with E-state index in [0.717, 1.165) is 39.0 Å². The van der Waals surface area contributed by atoms with Gasteiger partial charge in [-0.2, -0.15) is 5.12 Å². The molecule has 4 aliphatic rings. The minimum absolute atomic E-state index is 0.251. The summed E-state index contributed by atoms with van der Waals surface area (Å²) in [5.74, 6) is 0.605. The van der Waals surface area contributed by atoms with Crippen LogP contribution in [0.25, 0.3) is 0 Å². The fourth-order valence-corrected chi connectivity index (χ4v) is 4.55. The number of hydrazine groups is 3. The third-order valence-corrected chi connectivity index (χ3v) is 5.93. The van der Waals surface area contributed by atoms with Crippen LogP contribution in [-0.4, -0.2) is 75.0 Å². The standard InChI is InChI=1S/C17H33N5O3/c1-12-4-6-23-8-9-24-7-5-22-18-11-16(21-22)17-14-10-13(25-12)2-3-15(14)19-20-17/h12-21H,2-11H2,1H3/t12-,13?,14?,15?,16?,17?/m1/s1. The Hall–Kier alpha value is -0.320. The maximum atomic E-state index is 6.34. The van der Waals surface area contributed by atoms with E-state index in [4.69, 9.17) is 14.2 Å². The first-order valence-corrected chi connectivity index (χ1v) is 9.89. The Bertz CT molecular complexity index is 429. The average molecular weight is 355 g/mol. The number of hydrogen-bond donors (Lipinski definition) is 4. The molecular weight excluding hydrogens is 322 g/mol. The quantitative estimate of drug-likeness (QED) is 0.465. The zero-order valence-corrected chi connectivity index (χ0v) is 15.2. The number of fused-ring (bicyclic) bond motifs is 4. The molecule has 4 rings (SSSR count). The van der Waals surface area contributed by atoms with Gasteiger partial charge in [-0.25, -0.2) is 10.9 Å². The molecule has 144 valence electrons. The summed E-state index contributed by atoms with van der Waals surface area (Å²) in [5.41, 5.74) is 14.1. The molecule has 4 N–H and O–H groups in total. The lowest BCUT2D eigenvalue weighted by Crippen LogP contribution is -2.51. The van der Waals surface area contributed by atoms with Crippen molar-refractivity contribution in [1.29, 1.82) is 0 Å². The topological polar surface area (TPSA) is 79.1 Å². The molecule has 7 atom stereocenters. The second kappa shape index (κ2) is 8.58. The van der Waals surface area contributed by atoms with Gasteiger partial charge in [-0.15, -0.1) is 0 Å². The predicted molar refractivity (Wildman–Crippen MR) is 93.4 cm³/mol. The molecule has 0 amide bonds. The second-order valence-electron chi connectivity index (χ2n) is 7.73. The van der Waals surface area contributed by atoms with E-state index in [2.05, 4.69) is 33.7 Å². The Kier molecular flexibility index (Phi) is 6.20. The van der Waals surface area contributed by atoms with Crippen molar-refractivity contribution in [2.45, 2.75) is 62.9 Å². The first-order chi connectivity index (χ1) is 12.3. The van der Waals surface area contributed by atoms with Gasteiger partial charge >= 0.3 is 0 Å². The molecule has 4 fully saturated rings. The highest BCUT2D eigenvalue weighted by molar-refractivity contribution is 5.02. The second-order valence-corrected chi connectivity index (χ2v) is 7.73. The van der Waals surface area contributed by atoms with Gasteiger partial charge in [-0.05, 0) is 38.5 Å². The van der Waals surface area contributed by atoms with E-state index >= 15 is 0 Å². The van der Waals surface area contributed by atoms with Crippen molar-refractivity contribution >= 4 is 0 Å². The van der Waals surface area contributed by atoms with Crippen molar-refractivity contribution in [3.05, 3.63) is 0 Å². The van der Waals surface area contributed by atoms with Crippen molar-refractivity contribution in [2.75, 3.05) is 39.5 Å². The minimum atomic E-state index is 0.251. The van der Waals surface area contributed by atoms with Gasteiger partial charge in [0.25, 0.3) is 0 Å². The van der Waals surface area contributed by atoms with Crippen LogP contribution in [0, 0.1) is 5.92 Å². The van der Waals surface area contributed by atoms with E-state index in [1.807, 2.05) is 0 Å². The van der Waals surface area contributed by atoms with Gasteiger partial charge in [0.1, 0.15) is 0 Å². The van der Waals surface area contributed by atoms with E-state index in [9.17, 15) is 0 Å². The van der Waals surface area contributed by atoms with Gasteiger partial charge in [0.2, 0.25) is 0 Å². The van der Waals surface area contributed by atoms with Crippen LogP contribution in [0.3, 0.4) is 0 Å². The molecule has 0 aromatic heterocycles. The van der Waals surface area contributed by atoms with Crippen LogP contribution in [0.5, 0.6) is 0 Å². The van der Waals surface area contributed by atoms with Crippen LogP contribution >= 0.6 is 0 Å². The molecule has 0 aromatic carbocycles. The molecule has 8 heteroatoms. The molecule has 25 heavy (non-hydrogen) atoms. The number of nitrogens with zero attached hydrogens (tertiary/aromatic N) is 1.